The number of para-hydroxylation sites is 1. The first-order valence-corrected chi connectivity index (χ1v) is 7.18. The average molecular weight is 265 g/mol. The number of phenols is 1. The number of aromatic hydroxyl groups is 1. The van der Waals surface area contributed by atoms with E-state index in [-0.39, 0.29) is 6.04 Å². The minimum absolute atomic E-state index is 0.242. The van der Waals surface area contributed by atoms with Gasteiger partial charge in [-0.15, -0.1) is 0 Å². The summed E-state index contributed by atoms with van der Waals surface area (Å²) in [5.41, 5.74) is 1.02. The van der Waals surface area contributed by atoms with Gasteiger partial charge in [0, 0.05) is 31.3 Å². The van der Waals surface area contributed by atoms with E-state index in [9.17, 15) is 5.11 Å². The van der Waals surface area contributed by atoms with Crippen LogP contribution in [0.25, 0.3) is 0 Å². The summed E-state index contributed by atoms with van der Waals surface area (Å²) < 4.78 is 5.22. The van der Waals surface area contributed by atoms with E-state index in [4.69, 9.17) is 4.74 Å². The van der Waals surface area contributed by atoms with Gasteiger partial charge in [0.2, 0.25) is 0 Å². The van der Waals surface area contributed by atoms with E-state index in [0.717, 1.165) is 24.9 Å². The van der Waals surface area contributed by atoms with E-state index in [2.05, 4.69) is 25.7 Å². The third-order valence-corrected chi connectivity index (χ3v) is 3.79. The zero-order valence-electron chi connectivity index (χ0n) is 12.6. The predicted octanol–water partition coefficient (Wildman–Crippen LogP) is 3.59. The van der Waals surface area contributed by atoms with Crippen LogP contribution in [0.4, 0.5) is 0 Å². The van der Waals surface area contributed by atoms with Crippen molar-refractivity contribution in [2.75, 3.05) is 20.3 Å². The fourth-order valence-corrected chi connectivity index (χ4v) is 2.52. The van der Waals surface area contributed by atoms with Gasteiger partial charge in [-0.3, -0.25) is 4.90 Å². The minimum atomic E-state index is 0.242. The Bertz CT molecular complexity index is 368. The van der Waals surface area contributed by atoms with Crippen LogP contribution in [0.1, 0.15) is 45.2 Å². The molecule has 0 bridgehead atoms. The molecule has 1 aromatic rings. The van der Waals surface area contributed by atoms with E-state index >= 15 is 0 Å². The number of ether oxygens (including phenoxy) is 1. The molecule has 0 aliphatic carbocycles. The lowest BCUT2D eigenvalue weighted by molar-refractivity contribution is 0.0846. The maximum Gasteiger partial charge on any atom is 0.120 e. The average Bonchev–Trinajstić information content (AvgIpc) is 2.44. The van der Waals surface area contributed by atoms with Crippen molar-refractivity contribution in [3.05, 3.63) is 29.8 Å². The van der Waals surface area contributed by atoms with Gasteiger partial charge in [-0.2, -0.15) is 0 Å². The Labute approximate surface area is 117 Å². The van der Waals surface area contributed by atoms with Crippen molar-refractivity contribution < 1.29 is 9.84 Å². The molecule has 19 heavy (non-hydrogen) atoms. The summed E-state index contributed by atoms with van der Waals surface area (Å²) in [6.45, 7) is 8.20. The quantitative estimate of drug-likeness (QED) is 0.779. The summed E-state index contributed by atoms with van der Waals surface area (Å²) in [5, 5.41) is 10.1. The highest BCUT2D eigenvalue weighted by atomic mass is 16.5. The van der Waals surface area contributed by atoms with Crippen LogP contribution in [-0.4, -0.2) is 36.3 Å². The van der Waals surface area contributed by atoms with Gasteiger partial charge >= 0.3 is 0 Å². The van der Waals surface area contributed by atoms with E-state index in [1.165, 1.54) is 0 Å². The van der Waals surface area contributed by atoms with Gasteiger partial charge in [-0.25, -0.2) is 0 Å². The Hall–Kier alpha value is -1.06. The Morgan fingerprint density at radius 2 is 1.89 bits per heavy atom. The zero-order valence-corrected chi connectivity index (χ0v) is 12.6. The highest BCUT2D eigenvalue weighted by Crippen LogP contribution is 2.32. The van der Waals surface area contributed by atoms with Gasteiger partial charge in [0.25, 0.3) is 0 Å². The molecule has 0 amide bonds. The molecule has 0 spiro atoms. The second kappa shape index (κ2) is 8.18. The molecule has 0 saturated heterocycles. The van der Waals surface area contributed by atoms with Crippen molar-refractivity contribution in [1.29, 1.82) is 0 Å². The Balaban J connectivity index is 2.98. The van der Waals surface area contributed by atoms with Gasteiger partial charge in [0.1, 0.15) is 5.75 Å². The third-order valence-electron chi connectivity index (χ3n) is 3.79. The van der Waals surface area contributed by atoms with E-state index in [1.807, 2.05) is 18.2 Å². The van der Waals surface area contributed by atoms with Crippen LogP contribution in [0.5, 0.6) is 5.75 Å². The molecular formula is C16H27NO2. The molecule has 2 unspecified atom stereocenters. The van der Waals surface area contributed by atoms with Crippen molar-refractivity contribution in [2.45, 2.75) is 45.7 Å². The fraction of sp³-hybridized carbons (Fsp3) is 0.625. The molecule has 1 N–H and O–H groups in total. The molecule has 0 radical (unpaired) electrons. The molecular weight excluding hydrogens is 238 g/mol. The van der Waals surface area contributed by atoms with Crippen molar-refractivity contribution in [1.82, 2.24) is 4.90 Å². The lowest BCUT2D eigenvalue weighted by Crippen LogP contribution is -2.38. The Morgan fingerprint density at radius 3 is 2.42 bits per heavy atom. The standard InChI is InChI=1S/C16H27NO2/c1-5-13(3)17(11-12-19-4)15(6-2)14-9-7-8-10-16(14)18/h7-10,13,15,18H,5-6,11-12H2,1-4H3. The fourth-order valence-electron chi connectivity index (χ4n) is 2.52. The second-order valence-corrected chi connectivity index (χ2v) is 4.97. The van der Waals surface area contributed by atoms with Gasteiger partial charge in [-0.1, -0.05) is 32.0 Å². The molecule has 0 heterocycles. The van der Waals surface area contributed by atoms with Gasteiger partial charge in [0.05, 0.1) is 6.61 Å². The number of benzene rings is 1. The number of nitrogens with zero attached hydrogens (tertiary/aromatic N) is 1. The summed E-state index contributed by atoms with van der Waals surface area (Å²) in [7, 11) is 1.73. The first-order chi connectivity index (χ1) is 9.15. The maximum atomic E-state index is 10.1. The van der Waals surface area contributed by atoms with Crippen molar-refractivity contribution in [3.8, 4) is 5.75 Å². The van der Waals surface area contributed by atoms with Crippen molar-refractivity contribution >= 4 is 0 Å². The first-order valence-electron chi connectivity index (χ1n) is 7.18. The molecule has 1 rings (SSSR count). The van der Waals surface area contributed by atoms with Crippen LogP contribution >= 0.6 is 0 Å². The molecule has 0 aliphatic rings. The summed E-state index contributed by atoms with van der Waals surface area (Å²) >= 11 is 0. The number of hydrogen-bond donors (Lipinski definition) is 1. The monoisotopic (exact) mass is 265 g/mol. The molecule has 108 valence electrons. The molecule has 0 fully saturated rings. The van der Waals surface area contributed by atoms with Crippen LogP contribution in [0.2, 0.25) is 0 Å². The lowest BCUT2D eigenvalue weighted by Gasteiger charge is -2.36. The zero-order chi connectivity index (χ0) is 14.3. The van der Waals surface area contributed by atoms with E-state index in [0.29, 0.717) is 18.4 Å². The largest absolute Gasteiger partial charge is 0.508 e. The van der Waals surface area contributed by atoms with E-state index in [1.54, 1.807) is 13.2 Å². The Morgan fingerprint density at radius 1 is 1.21 bits per heavy atom. The van der Waals surface area contributed by atoms with Crippen LogP contribution < -0.4 is 0 Å². The SMILES string of the molecule is CCC(C)N(CCOC)C(CC)c1ccccc1O. The molecule has 0 aromatic heterocycles. The van der Waals surface area contributed by atoms with E-state index < -0.39 is 0 Å². The summed E-state index contributed by atoms with van der Waals surface area (Å²) in [4.78, 5) is 2.43. The van der Waals surface area contributed by atoms with Gasteiger partial charge < -0.3 is 9.84 Å². The predicted molar refractivity (Wildman–Crippen MR) is 79.5 cm³/mol. The van der Waals surface area contributed by atoms with Gasteiger partial charge in [-0.05, 0) is 25.8 Å². The first kappa shape index (κ1) is 16.0. The van der Waals surface area contributed by atoms with Crippen molar-refractivity contribution in [3.63, 3.8) is 0 Å². The lowest BCUT2D eigenvalue weighted by atomic mass is 9.99. The van der Waals surface area contributed by atoms with Crippen molar-refractivity contribution in [2.24, 2.45) is 0 Å². The second-order valence-electron chi connectivity index (χ2n) is 4.97. The smallest absolute Gasteiger partial charge is 0.120 e. The van der Waals surface area contributed by atoms with Crippen LogP contribution in [-0.2, 0) is 4.74 Å². The minimum Gasteiger partial charge on any atom is -0.508 e. The highest BCUT2D eigenvalue weighted by Gasteiger charge is 2.24. The van der Waals surface area contributed by atoms with Crippen LogP contribution in [0.3, 0.4) is 0 Å². The molecule has 2 atom stereocenters. The molecule has 3 heteroatoms. The number of rotatable bonds is 8. The molecule has 1 aromatic carbocycles. The normalized spacial score (nSPS) is 14.6. The molecule has 3 nitrogen and oxygen atoms in total. The topological polar surface area (TPSA) is 32.7 Å². The maximum absolute atomic E-state index is 10.1. The summed E-state index contributed by atoms with van der Waals surface area (Å²) in [6, 6.07) is 8.36. The summed E-state index contributed by atoms with van der Waals surface area (Å²) in [6.07, 6.45) is 2.07. The summed E-state index contributed by atoms with van der Waals surface area (Å²) in [5.74, 6) is 0.389. The van der Waals surface area contributed by atoms with Crippen LogP contribution in [0, 0.1) is 0 Å². The van der Waals surface area contributed by atoms with Gasteiger partial charge in [0.15, 0.2) is 0 Å². The number of phenolic OH excluding ortho intramolecular Hbond substituents is 1. The van der Waals surface area contributed by atoms with Crippen LogP contribution in [0.15, 0.2) is 24.3 Å². The highest BCUT2D eigenvalue weighted by molar-refractivity contribution is 5.34. The third kappa shape index (κ3) is 4.22. The Kier molecular flexibility index (Phi) is 6.89. The molecule has 0 saturated carbocycles. The number of hydrogen-bond acceptors (Lipinski definition) is 3. The molecule has 0 aliphatic heterocycles. The number of methoxy groups -OCH3 is 1.